The molecule has 1 aromatic heterocycles. The van der Waals surface area contributed by atoms with Gasteiger partial charge in [0.2, 0.25) is 5.91 Å². The number of carbonyl (C=O) groups excluding carboxylic acids is 1. The number of rotatable bonds is 9. The van der Waals surface area contributed by atoms with E-state index in [0.29, 0.717) is 27.7 Å². The summed E-state index contributed by atoms with van der Waals surface area (Å²) in [5.41, 5.74) is 2.06. The fraction of sp³-hybridized carbons (Fsp3) is 0.318. The van der Waals surface area contributed by atoms with Gasteiger partial charge in [-0.2, -0.15) is 0 Å². The van der Waals surface area contributed by atoms with E-state index in [9.17, 15) is 4.79 Å². The van der Waals surface area contributed by atoms with Crippen LogP contribution >= 0.6 is 23.4 Å². The Morgan fingerprint density at radius 2 is 1.93 bits per heavy atom. The second-order valence-electron chi connectivity index (χ2n) is 6.95. The molecular formula is C22H25ClN4O2S. The number of benzene rings is 2. The first-order valence-corrected chi connectivity index (χ1v) is 11.1. The first-order chi connectivity index (χ1) is 14.5. The van der Waals surface area contributed by atoms with Crippen molar-refractivity contribution in [1.29, 1.82) is 0 Å². The van der Waals surface area contributed by atoms with E-state index in [1.807, 2.05) is 35.9 Å². The highest BCUT2D eigenvalue weighted by molar-refractivity contribution is 7.99. The van der Waals surface area contributed by atoms with Gasteiger partial charge >= 0.3 is 0 Å². The number of hydrogen-bond donors (Lipinski definition) is 1. The Bertz CT molecular complexity index is 991. The third kappa shape index (κ3) is 5.77. The number of carbonyl (C=O) groups is 1. The molecule has 0 bridgehead atoms. The maximum Gasteiger partial charge on any atom is 0.234 e. The minimum Gasteiger partial charge on any atom is -0.484 e. The molecule has 0 fully saturated rings. The van der Waals surface area contributed by atoms with Crippen molar-refractivity contribution in [3.05, 3.63) is 64.9 Å². The van der Waals surface area contributed by atoms with Gasteiger partial charge in [-0.25, -0.2) is 0 Å². The van der Waals surface area contributed by atoms with Gasteiger partial charge in [0.1, 0.15) is 12.4 Å². The van der Waals surface area contributed by atoms with Crippen LogP contribution in [0.2, 0.25) is 5.02 Å². The van der Waals surface area contributed by atoms with Crippen LogP contribution < -0.4 is 10.1 Å². The second-order valence-corrected chi connectivity index (χ2v) is 8.29. The smallest absolute Gasteiger partial charge is 0.234 e. The fourth-order valence-corrected chi connectivity index (χ4v) is 3.68. The molecule has 8 heteroatoms. The summed E-state index contributed by atoms with van der Waals surface area (Å²) in [5.74, 6) is 1.91. The molecule has 6 nitrogen and oxygen atoms in total. The van der Waals surface area contributed by atoms with Gasteiger partial charge in [-0.05, 0) is 42.2 Å². The number of aromatic nitrogens is 3. The molecule has 1 heterocycles. The van der Waals surface area contributed by atoms with Crippen LogP contribution in [0.4, 0.5) is 5.69 Å². The first-order valence-electron chi connectivity index (χ1n) is 9.76. The van der Waals surface area contributed by atoms with Crippen molar-refractivity contribution in [2.24, 2.45) is 7.05 Å². The van der Waals surface area contributed by atoms with E-state index < -0.39 is 0 Å². The van der Waals surface area contributed by atoms with Crippen molar-refractivity contribution in [2.45, 2.75) is 37.9 Å². The zero-order valence-electron chi connectivity index (χ0n) is 17.3. The van der Waals surface area contributed by atoms with Crippen LogP contribution in [0.15, 0.2) is 53.7 Å². The molecule has 1 N–H and O–H groups in total. The van der Waals surface area contributed by atoms with Crippen LogP contribution in [-0.2, 0) is 18.4 Å². The number of hydrogen-bond acceptors (Lipinski definition) is 5. The summed E-state index contributed by atoms with van der Waals surface area (Å²) >= 11 is 7.43. The van der Waals surface area contributed by atoms with Crippen molar-refractivity contribution >= 4 is 35.0 Å². The number of ether oxygens (including phenoxy) is 1. The van der Waals surface area contributed by atoms with Gasteiger partial charge < -0.3 is 14.6 Å². The van der Waals surface area contributed by atoms with E-state index >= 15 is 0 Å². The van der Waals surface area contributed by atoms with Crippen molar-refractivity contribution < 1.29 is 9.53 Å². The number of para-hydroxylation sites is 1. The molecule has 1 unspecified atom stereocenters. The molecule has 3 rings (SSSR count). The lowest BCUT2D eigenvalue weighted by molar-refractivity contribution is -0.113. The molecule has 0 aliphatic heterocycles. The van der Waals surface area contributed by atoms with E-state index in [-0.39, 0.29) is 18.3 Å². The minimum absolute atomic E-state index is 0.0897. The second kappa shape index (κ2) is 10.5. The summed E-state index contributed by atoms with van der Waals surface area (Å²) in [6.45, 7) is 4.60. The molecule has 0 radical (unpaired) electrons. The van der Waals surface area contributed by atoms with Gasteiger partial charge in [-0.1, -0.05) is 61.5 Å². The largest absolute Gasteiger partial charge is 0.484 e. The molecule has 3 aromatic rings. The first kappa shape index (κ1) is 22.2. The SMILES string of the molecule is CCC(C)c1ccc(NC(=O)CSc2nnc(COc3ccccc3Cl)n2C)cc1. The number of halogens is 1. The molecule has 0 aliphatic carbocycles. The van der Waals surface area contributed by atoms with Crippen LogP contribution in [0, 0.1) is 0 Å². The normalized spacial score (nSPS) is 11.9. The van der Waals surface area contributed by atoms with E-state index in [0.717, 1.165) is 12.1 Å². The number of nitrogens with one attached hydrogen (secondary N) is 1. The van der Waals surface area contributed by atoms with Gasteiger partial charge in [-0.3, -0.25) is 4.79 Å². The Hall–Kier alpha value is -2.51. The quantitative estimate of drug-likeness (QED) is 0.454. The Morgan fingerprint density at radius 1 is 1.20 bits per heavy atom. The highest BCUT2D eigenvalue weighted by Crippen LogP contribution is 2.25. The van der Waals surface area contributed by atoms with E-state index in [4.69, 9.17) is 16.3 Å². The van der Waals surface area contributed by atoms with E-state index in [1.54, 1.807) is 12.1 Å². The van der Waals surface area contributed by atoms with Gasteiger partial charge in [0.05, 0.1) is 10.8 Å². The van der Waals surface area contributed by atoms with Gasteiger partial charge in [0.25, 0.3) is 0 Å². The summed E-state index contributed by atoms with van der Waals surface area (Å²) in [5, 5.41) is 12.4. The maximum absolute atomic E-state index is 12.3. The van der Waals surface area contributed by atoms with Crippen LogP contribution in [0.25, 0.3) is 0 Å². The van der Waals surface area contributed by atoms with Crippen LogP contribution in [0.3, 0.4) is 0 Å². The summed E-state index contributed by atoms with van der Waals surface area (Å²) in [7, 11) is 1.85. The monoisotopic (exact) mass is 444 g/mol. The standard InChI is InChI=1S/C22H25ClN4O2S/c1-4-15(2)16-9-11-17(12-10-16)24-21(28)14-30-22-26-25-20(27(22)3)13-29-19-8-6-5-7-18(19)23/h5-12,15H,4,13-14H2,1-3H3,(H,24,28). The summed E-state index contributed by atoms with van der Waals surface area (Å²) in [4.78, 5) is 12.3. The predicted molar refractivity (Wildman–Crippen MR) is 121 cm³/mol. The third-order valence-corrected chi connectivity index (χ3v) is 6.16. The third-order valence-electron chi connectivity index (χ3n) is 4.83. The summed E-state index contributed by atoms with van der Waals surface area (Å²) in [6, 6.07) is 15.3. The summed E-state index contributed by atoms with van der Waals surface area (Å²) in [6.07, 6.45) is 1.09. The lowest BCUT2D eigenvalue weighted by atomic mass is 9.99. The average Bonchev–Trinajstić information content (AvgIpc) is 3.11. The molecular weight excluding hydrogens is 420 g/mol. The molecule has 30 heavy (non-hydrogen) atoms. The highest BCUT2D eigenvalue weighted by Gasteiger charge is 2.13. The summed E-state index contributed by atoms with van der Waals surface area (Å²) < 4.78 is 7.53. The Balaban J connectivity index is 1.51. The van der Waals surface area contributed by atoms with Crippen molar-refractivity contribution in [2.75, 3.05) is 11.1 Å². The molecule has 0 aliphatic rings. The lowest BCUT2D eigenvalue weighted by Crippen LogP contribution is -2.14. The number of anilines is 1. The average molecular weight is 445 g/mol. The van der Waals surface area contributed by atoms with Crippen LogP contribution in [0.1, 0.15) is 37.6 Å². The number of thioether (sulfide) groups is 1. The molecule has 2 aromatic carbocycles. The molecule has 0 spiro atoms. The fourth-order valence-electron chi connectivity index (χ4n) is 2.76. The Labute approximate surface area is 186 Å². The van der Waals surface area contributed by atoms with Gasteiger partial charge in [0.15, 0.2) is 11.0 Å². The van der Waals surface area contributed by atoms with Crippen molar-refractivity contribution in [1.82, 2.24) is 14.8 Å². The highest BCUT2D eigenvalue weighted by atomic mass is 35.5. The molecule has 1 atom stereocenters. The maximum atomic E-state index is 12.3. The molecule has 0 saturated carbocycles. The minimum atomic E-state index is -0.0897. The molecule has 0 saturated heterocycles. The van der Waals surface area contributed by atoms with Crippen LogP contribution in [0.5, 0.6) is 5.75 Å². The predicted octanol–water partition coefficient (Wildman–Crippen LogP) is 5.29. The number of nitrogens with zero attached hydrogens (tertiary/aromatic N) is 3. The topological polar surface area (TPSA) is 69.0 Å². The van der Waals surface area contributed by atoms with E-state index in [2.05, 4.69) is 41.5 Å². The van der Waals surface area contributed by atoms with Crippen molar-refractivity contribution in [3.8, 4) is 5.75 Å². The lowest BCUT2D eigenvalue weighted by Gasteiger charge is -2.10. The van der Waals surface area contributed by atoms with Crippen LogP contribution in [-0.4, -0.2) is 26.4 Å². The Kier molecular flexibility index (Phi) is 7.76. The van der Waals surface area contributed by atoms with E-state index in [1.165, 1.54) is 17.3 Å². The van der Waals surface area contributed by atoms with Gasteiger partial charge in [0, 0.05) is 12.7 Å². The van der Waals surface area contributed by atoms with Gasteiger partial charge in [-0.15, -0.1) is 10.2 Å². The molecule has 158 valence electrons. The zero-order valence-corrected chi connectivity index (χ0v) is 18.8. The van der Waals surface area contributed by atoms with Crippen molar-refractivity contribution in [3.63, 3.8) is 0 Å². The Morgan fingerprint density at radius 3 is 2.63 bits per heavy atom. The molecule has 1 amide bonds. The zero-order chi connectivity index (χ0) is 21.5. The number of amides is 1.